The SMILES string of the molecule is O=C(Cn1cnc2scc(-c3cccs3)c2c1=O)Nc1cccc(Cn2cccn2)c1. The minimum atomic E-state index is -0.285. The average Bonchev–Trinajstić information content (AvgIpc) is 3.52. The maximum Gasteiger partial charge on any atom is 0.263 e. The molecule has 0 radical (unpaired) electrons. The van der Waals surface area contributed by atoms with Crippen LogP contribution in [0.1, 0.15) is 5.56 Å². The fraction of sp³-hybridized carbons (Fsp3) is 0.0909. The molecule has 5 rings (SSSR count). The molecular formula is C22H17N5O2S2. The number of nitrogens with one attached hydrogen (secondary N) is 1. The monoisotopic (exact) mass is 447 g/mol. The fourth-order valence-corrected chi connectivity index (χ4v) is 5.10. The highest BCUT2D eigenvalue weighted by atomic mass is 32.1. The molecule has 0 saturated carbocycles. The Morgan fingerprint density at radius 2 is 2.06 bits per heavy atom. The van der Waals surface area contributed by atoms with Crippen molar-refractivity contribution in [2.45, 2.75) is 13.1 Å². The van der Waals surface area contributed by atoms with E-state index in [1.54, 1.807) is 17.5 Å². The summed E-state index contributed by atoms with van der Waals surface area (Å²) in [7, 11) is 0. The summed E-state index contributed by atoms with van der Waals surface area (Å²) < 4.78 is 3.17. The Kier molecular flexibility index (Phi) is 5.19. The zero-order valence-electron chi connectivity index (χ0n) is 16.3. The number of carbonyl (C=O) groups excluding carboxylic acids is 1. The fourth-order valence-electron chi connectivity index (χ4n) is 3.38. The second kappa shape index (κ2) is 8.29. The number of fused-ring (bicyclic) bond motifs is 1. The lowest BCUT2D eigenvalue weighted by Crippen LogP contribution is -2.27. The van der Waals surface area contributed by atoms with E-state index in [2.05, 4.69) is 15.4 Å². The lowest BCUT2D eigenvalue weighted by atomic mass is 10.2. The van der Waals surface area contributed by atoms with E-state index in [4.69, 9.17) is 0 Å². The molecule has 0 saturated heterocycles. The smallest absolute Gasteiger partial charge is 0.263 e. The second-order valence-corrected chi connectivity index (χ2v) is 8.74. The van der Waals surface area contributed by atoms with Crippen molar-refractivity contribution in [3.8, 4) is 10.4 Å². The van der Waals surface area contributed by atoms with Gasteiger partial charge in [0.15, 0.2) is 0 Å². The van der Waals surface area contributed by atoms with Crippen LogP contribution < -0.4 is 10.9 Å². The molecule has 0 spiro atoms. The highest BCUT2D eigenvalue weighted by molar-refractivity contribution is 7.18. The third kappa shape index (κ3) is 4.05. The Morgan fingerprint density at radius 3 is 2.87 bits per heavy atom. The van der Waals surface area contributed by atoms with E-state index in [0.29, 0.717) is 22.4 Å². The quantitative estimate of drug-likeness (QED) is 0.425. The molecule has 0 fully saturated rings. The number of anilines is 1. The highest BCUT2D eigenvalue weighted by Gasteiger charge is 2.15. The van der Waals surface area contributed by atoms with Crippen LogP contribution in [-0.4, -0.2) is 25.2 Å². The molecule has 154 valence electrons. The van der Waals surface area contributed by atoms with Gasteiger partial charge in [0.25, 0.3) is 5.56 Å². The predicted octanol–water partition coefficient (Wildman–Crippen LogP) is 4.07. The van der Waals surface area contributed by atoms with E-state index in [0.717, 1.165) is 16.0 Å². The highest BCUT2D eigenvalue weighted by Crippen LogP contribution is 2.33. The molecule has 0 aliphatic rings. The number of carbonyl (C=O) groups is 1. The van der Waals surface area contributed by atoms with Crippen molar-refractivity contribution < 1.29 is 4.79 Å². The molecule has 31 heavy (non-hydrogen) atoms. The molecule has 1 N–H and O–H groups in total. The number of amides is 1. The van der Waals surface area contributed by atoms with Gasteiger partial charge in [-0.1, -0.05) is 18.2 Å². The van der Waals surface area contributed by atoms with Gasteiger partial charge in [-0.15, -0.1) is 22.7 Å². The van der Waals surface area contributed by atoms with Crippen LogP contribution in [0.15, 0.2) is 76.7 Å². The Morgan fingerprint density at radius 1 is 1.13 bits per heavy atom. The Labute approximate surface area is 185 Å². The van der Waals surface area contributed by atoms with E-state index >= 15 is 0 Å². The first-order valence-corrected chi connectivity index (χ1v) is 11.3. The zero-order valence-corrected chi connectivity index (χ0v) is 17.9. The second-order valence-electron chi connectivity index (χ2n) is 6.94. The van der Waals surface area contributed by atoms with Crippen LogP contribution >= 0.6 is 22.7 Å². The van der Waals surface area contributed by atoms with Crippen molar-refractivity contribution in [1.82, 2.24) is 19.3 Å². The third-order valence-corrected chi connectivity index (χ3v) is 6.57. The van der Waals surface area contributed by atoms with E-state index < -0.39 is 0 Å². The van der Waals surface area contributed by atoms with Crippen molar-refractivity contribution in [1.29, 1.82) is 0 Å². The maximum absolute atomic E-state index is 13.1. The molecule has 1 aromatic carbocycles. The van der Waals surface area contributed by atoms with Crippen LogP contribution in [0.5, 0.6) is 0 Å². The van der Waals surface area contributed by atoms with Gasteiger partial charge in [-0.05, 0) is 35.2 Å². The van der Waals surface area contributed by atoms with Crippen molar-refractivity contribution >= 4 is 44.5 Å². The molecule has 0 bridgehead atoms. The minimum absolute atomic E-state index is 0.106. The maximum atomic E-state index is 13.1. The van der Waals surface area contributed by atoms with Gasteiger partial charge in [0.2, 0.25) is 5.91 Å². The van der Waals surface area contributed by atoms with Gasteiger partial charge in [0.1, 0.15) is 11.4 Å². The number of thiophene rings is 2. The molecule has 1 amide bonds. The summed E-state index contributed by atoms with van der Waals surface area (Å²) in [5.74, 6) is -0.285. The molecule has 9 heteroatoms. The standard InChI is InChI=1S/C22H17N5O2S2/c28-19(25-16-5-1-4-15(10-16)11-27-8-3-7-24-27)12-26-14-23-21-20(22(26)29)17(13-31-21)18-6-2-9-30-18/h1-10,13-14H,11-12H2,(H,25,28). The average molecular weight is 448 g/mol. The van der Waals surface area contributed by atoms with Crippen molar-refractivity contribution in [3.05, 3.63) is 87.9 Å². The predicted molar refractivity (Wildman–Crippen MR) is 124 cm³/mol. The molecule has 4 heterocycles. The van der Waals surface area contributed by atoms with Crippen molar-refractivity contribution in [2.24, 2.45) is 0 Å². The van der Waals surface area contributed by atoms with Crippen molar-refractivity contribution in [2.75, 3.05) is 5.32 Å². The van der Waals surface area contributed by atoms with Gasteiger partial charge in [0.05, 0.1) is 18.3 Å². The van der Waals surface area contributed by atoms with Crippen LogP contribution in [0.2, 0.25) is 0 Å². The molecule has 5 aromatic rings. The van der Waals surface area contributed by atoms with Gasteiger partial charge in [-0.3, -0.25) is 18.8 Å². The number of rotatable bonds is 6. The molecule has 7 nitrogen and oxygen atoms in total. The molecule has 0 unspecified atom stereocenters. The largest absolute Gasteiger partial charge is 0.325 e. The van der Waals surface area contributed by atoms with E-state index in [9.17, 15) is 9.59 Å². The topological polar surface area (TPSA) is 81.8 Å². The zero-order chi connectivity index (χ0) is 21.2. The lowest BCUT2D eigenvalue weighted by Gasteiger charge is -2.09. The summed E-state index contributed by atoms with van der Waals surface area (Å²) in [6, 6.07) is 13.4. The summed E-state index contributed by atoms with van der Waals surface area (Å²) in [5.41, 5.74) is 2.35. The Hall–Kier alpha value is -3.56. The van der Waals surface area contributed by atoms with Crippen LogP contribution in [0.4, 0.5) is 5.69 Å². The van der Waals surface area contributed by atoms with Crippen LogP contribution in [0, 0.1) is 0 Å². The van der Waals surface area contributed by atoms with Gasteiger partial charge in [-0.25, -0.2) is 4.98 Å². The van der Waals surface area contributed by atoms with E-state index in [1.165, 1.54) is 22.2 Å². The Bertz CT molecular complexity index is 1400. The molecule has 0 aliphatic carbocycles. The number of hydrogen-bond donors (Lipinski definition) is 1. The molecule has 4 aromatic heterocycles. The van der Waals surface area contributed by atoms with E-state index in [-0.39, 0.29) is 18.0 Å². The van der Waals surface area contributed by atoms with Gasteiger partial charge in [0, 0.05) is 33.9 Å². The van der Waals surface area contributed by atoms with E-state index in [1.807, 2.05) is 64.1 Å². The van der Waals surface area contributed by atoms with Crippen molar-refractivity contribution in [3.63, 3.8) is 0 Å². The summed E-state index contributed by atoms with van der Waals surface area (Å²) >= 11 is 3.01. The minimum Gasteiger partial charge on any atom is -0.325 e. The number of benzene rings is 1. The summed E-state index contributed by atoms with van der Waals surface area (Å²) in [5, 5.41) is 11.5. The number of aromatic nitrogens is 4. The summed E-state index contributed by atoms with van der Waals surface area (Å²) in [4.78, 5) is 31.8. The van der Waals surface area contributed by atoms with Crippen LogP contribution in [-0.2, 0) is 17.9 Å². The lowest BCUT2D eigenvalue weighted by molar-refractivity contribution is -0.116. The summed E-state index contributed by atoms with van der Waals surface area (Å²) in [6.45, 7) is 0.505. The third-order valence-electron chi connectivity index (χ3n) is 4.78. The molecular weight excluding hydrogens is 430 g/mol. The first-order valence-electron chi connectivity index (χ1n) is 9.54. The molecule has 0 aliphatic heterocycles. The van der Waals surface area contributed by atoms with Gasteiger partial charge in [-0.2, -0.15) is 5.10 Å². The van der Waals surface area contributed by atoms with Gasteiger partial charge >= 0.3 is 0 Å². The summed E-state index contributed by atoms with van der Waals surface area (Å²) in [6.07, 6.45) is 5.05. The van der Waals surface area contributed by atoms with Gasteiger partial charge < -0.3 is 5.32 Å². The van der Waals surface area contributed by atoms with Crippen LogP contribution in [0.3, 0.4) is 0 Å². The Balaban J connectivity index is 1.36. The first-order chi connectivity index (χ1) is 15.2. The number of nitrogens with zero attached hydrogens (tertiary/aromatic N) is 4. The normalized spacial score (nSPS) is 11.1. The van der Waals surface area contributed by atoms with Crippen LogP contribution in [0.25, 0.3) is 20.7 Å². The molecule has 0 atom stereocenters. The first kappa shape index (κ1) is 19.4. The number of hydrogen-bond acceptors (Lipinski definition) is 6.